The third-order valence-corrected chi connectivity index (χ3v) is 4.99. The Labute approximate surface area is 148 Å². The maximum Gasteiger partial charge on any atom is 0.283 e. The van der Waals surface area contributed by atoms with Crippen molar-refractivity contribution in [2.24, 2.45) is 5.73 Å². The Kier molecular flexibility index (Phi) is 6.89. The van der Waals surface area contributed by atoms with Crippen LogP contribution in [0.2, 0.25) is 0 Å². The zero-order chi connectivity index (χ0) is 18.4. The summed E-state index contributed by atoms with van der Waals surface area (Å²) >= 11 is 1.19. The van der Waals surface area contributed by atoms with E-state index in [1.54, 1.807) is 24.3 Å². The van der Waals surface area contributed by atoms with Crippen molar-refractivity contribution < 1.29 is 19.5 Å². The summed E-state index contributed by atoms with van der Waals surface area (Å²) in [6.45, 7) is -0.535. The summed E-state index contributed by atoms with van der Waals surface area (Å²) in [7, 11) is 0. The molecule has 0 saturated heterocycles. The van der Waals surface area contributed by atoms with E-state index in [2.05, 4.69) is 0 Å². The average molecular weight is 366 g/mol. The minimum Gasteiger partial charge on any atom is -0.395 e. The van der Waals surface area contributed by atoms with Crippen molar-refractivity contribution in [2.75, 3.05) is 6.61 Å². The second-order valence-electron chi connectivity index (χ2n) is 5.56. The molecular formula is C17H19FN2O4S. The second-order valence-corrected chi connectivity index (χ2v) is 6.80. The highest BCUT2D eigenvalue weighted by molar-refractivity contribution is 7.99. The van der Waals surface area contributed by atoms with Crippen LogP contribution in [0, 0.1) is 15.9 Å². The van der Waals surface area contributed by atoms with Crippen LogP contribution in [0.1, 0.15) is 22.8 Å². The number of nitro groups is 1. The second kappa shape index (κ2) is 8.91. The molecule has 0 unspecified atom stereocenters. The Morgan fingerprint density at radius 3 is 2.60 bits per heavy atom. The van der Waals surface area contributed by atoms with Crippen LogP contribution in [-0.2, 0) is 6.61 Å². The van der Waals surface area contributed by atoms with E-state index in [0.717, 1.165) is 0 Å². The number of aliphatic hydroxyl groups excluding tert-OH is 2. The van der Waals surface area contributed by atoms with Gasteiger partial charge in [0.15, 0.2) is 0 Å². The Balaban J connectivity index is 2.38. The predicted octanol–water partition coefficient (Wildman–Crippen LogP) is 2.77. The molecule has 0 bridgehead atoms. The van der Waals surface area contributed by atoms with Gasteiger partial charge in [-0.15, -0.1) is 11.8 Å². The maximum atomic E-state index is 13.6. The number of hydrogen-bond acceptors (Lipinski definition) is 6. The Morgan fingerprint density at radius 1 is 1.24 bits per heavy atom. The van der Waals surface area contributed by atoms with E-state index in [-0.39, 0.29) is 24.2 Å². The number of nitrogens with zero attached hydrogens (tertiary/aromatic N) is 1. The fourth-order valence-electron chi connectivity index (χ4n) is 2.37. The van der Waals surface area contributed by atoms with E-state index in [1.165, 1.54) is 30.0 Å². The van der Waals surface area contributed by atoms with E-state index in [9.17, 15) is 19.6 Å². The first-order valence-electron chi connectivity index (χ1n) is 7.61. The van der Waals surface area contributed by atoms with Crippen molar-refractivity contribution >= 4 is 17.4 Å². The molecule has 0 aromatic heterocycles. The molecule has 0 aliphatic rings. The maximum absolute atomic E-state index is 13.6. The molecule has 2 aromatic rings. The van der Waals surface area contributed by atoms with Gasteiger partial charge in [0.05, 0.1) is 23.0 Å². The van der Waals surface area contributed by atoms with Crippen LogP contribution >= 0.6 is 11.8 Å². The lowest BCUT2D eigenvalue weighted by molar-refractivity contribution is -0.387. The van der Waals surface area contributed by atoms with Crippen molar-refractivity contribution in [3.63, 3.8) is 0 Å². The summed E-state index contributed by atoms with van der Waals surface area (Å²) in [4.78, 5) is 11.2. The Hall–Kier alpha value is -2.00. The molecule has 0 saturated carbocycles. The SMILES string of the molecule is N[C@H](CO)C[C@@H](Sc1ccc(CO)cc1[N+](=O)[O-])c1cccc(F)c1. The van der Waals surface area contributed by atoms with Crippen LogP contribution in [0.3, 0.4) is 0 Å². The number of aliphatic hydroxyl groups is 2. The summed E-state index contributed by atoms with van der Waals surface area (Å²) in [6.07, 6.45) is 0.323. The van der Waals surface area contributed by atoms with E-state index < -0.39 is 16.8 Å². The zero-order valence-corrected chi connectivity index (χ0v) is 14.2. The third kappa shape index (κ3) is 5.23. The molecule has 0 aliphatic heterocycles. The van der Waals surface area contributed by atoms with Gasteiger partial charge in [-0.05, 0) is 35.7 Å². The fraction of sp³-hybridized carbons (Fsp3) is 0.294. The predicted molar refractivity (Wildman–Crippen MR) is 93.7 cm³/mol. The van der Waals surface area contributed by atoms with Crippen LogP contribution in [0.5, 0.6) is 0 Å². The quantitative estimate of drug-likeness (QED) is 0.376. The highest BCUT2D eigenvalue weighted by Gasteiger charge is 2.23. The molecule has 4 N–H and O–H groups in total. The average Bonchev–Trinajstić information content (AvgIpc) is 2.61. The van der Waals surface area contributed by atoms with E-state index in [1.807, 2.05) is 0 Å². The molecule has 0 heterocycles. The standard InChI is InChI=1S/C17H19FN2O4S/c18-13-3-1-2-12(7-13)17(8-14(19)10-22)25-16-5-4-11(9-21)6-15(16)20(23)24/h1-7,14,17,21-22H,8-10,19H2/t14-,17+/m0/s1. The van der Waals surface area contributed by atoms with Crippen molar-refractivity contribution in [1.29, 1.82) is 0 Å². The van der Waals surface area contributed by atoms with Gasteiger partial charge in [0, 0.05) is 17.4 Å². The number of hydrogen-bond donors (Lipinski definition) is 3. The fourth-order valence-corrected chi connectivity index (χ4v) is 3.70. The zero-order valence-electron chi connectivity index (χ0n) is 13.3. The van der Waals surface area contributed by atoms with Crippen molar-refractivity contribution in [3.8, 4) is 0 Å². The van der Waals surface area contributed by atoms with Gasteiger partial charge in [-0.1, -0.05) is 18.2 Å². The highest BCUT2D eigenvalue weighted by atomic mass is 32.2. The van der Waals surface area contributed by atoms with Gasteiger partial charge in [-0.25, -0.2) is 4.39 Å². The van der Waals surface area contributed by atoms with Crippen LogP contribution in [-0.4, -0.2) is 27.8 Å². The molecule has 2 atom stereocenters. The first-order valence-corrected chi connectivity index (χ1v) is 8.49. The van der Waals surface area contributed by atoms with Gasteiger partial charge in [0.25, 0.3) is 5.69 Å². The molecular weight excluding hydrogens is 347 g/mol. The first kappa shape index (κ1) is 19.3. The third-order valence-electron chi connectivity index (χ3n) is 3.64. The minimum absolute atomic E-state index is 0.129. The summed E-state index contributed by atoms with van der Waals surface area (Å²) < 4.78 is 13.6. The monoisotopic (exact) mass is 366 g/mol. The summed E-state index contributed by atoms with van der Waals surface area (Å²) in [5, 5.41) is 29.3. The molecule has 0 amide bonds. The lowest BCUT2D eigenvalue weighted by atomic mass is 10.1. The van der Waals surface area contributed by atoms with Gasteiger partial charge in [0.1, 0.15) is 5.82 Å². The topological polar surface area (TPSA) is 110 Å². The Bertz CT molecular complexity index is 744. The summed E-state index contributed by atoms with van der Waals surface area (Å²) in [5.74, 6) is -0.411. The van der Waals surface area contributed by atoms with Crippen LogP contribution < -0.4 is 5.73 Å². The molecule has 0 radical (unpaired) electrons. The van der Waals surface area contributed by atoms with Crippen molar-refractivity contribution in [1.82, 2.24) is 0 Å². The van der Waals surface area contributed by atoms with Crippen LogP contribution in [0.4, 0.5) is 10.1 Å². The molecule has 6 nitrogen and oxygen atoms in total. The molecule has 0 spiro atoms. The van der Waals surface area contributed by atoms with E-state index in [0.29, 0.717) is 22.4 Å². The number of rotatable bonds is 8. The lowest BCUT2D eigenvalue weighted by Crippen LogP contribution is -2.26. The minimum atomic E-state index is -0.531. The number of nitrogens with two attached hydrogens (primary N) is 1. The molecule has 2 aromatic carbocycles. The number of benzene rings is 2. The van der Waals surface area contributed by atoms with E-state index in [4.69, 9.17) is 10.8 Å². The largest absolute Gasteiger partial charge is 0.395 e. The number of thioether (sulfide) groups is 1. The number of nitro benzene ring substituents is 1. The van der Waals surface area contributed by atoms with Gasteiger partial charge in [-0.3, -0.25) is 10.1 Å². The van der Waals surface area contributed by atoms with Gasteiger partial charge >= 0.3 is 0 Å². The van der Waals surface area contributed by atoms with Gasteiger partial charge in [-0.2, -0.15) is 0 Å². The van der Waals surface area contributed by atoms with Crippen LogP contribution in [0.25, 0.3) is 0 Å². The van der Waals surface area contributed by atoms with Crippen molar-refractivity contribution in [2.45, 2.75) is 29.2 Å². The van der Waals surface area contributed by atoms with Gasteiger partial charge in [0.2, 0.25) is 0 Å². The molecule has 8 heteroatoms. The lowest BCUT2D eigenvalue weighted by Gasteiger charge is -2.20. The number of halogens is 1. The normalized spacial score (nSPS) is 13.4. The smallest absolute Gasteiger partial charge is 0.283 e. The Morgan fingerprint density at radius 2 is 2.00 bits per heavy atom. The molecule has 0 aliphatic carbocycles. The first-order chi connectivity index (χ1) is 11.9. The summed E-state index contributed by atoms with van der Waals surface area (Å²) in [6, 6.07) is 9.90. The molecule has 2 rings (SSSR count). The molecule has 0 fully saturated rings. The summed E-state index contributed by atoms with van der Waals surface area (Å²) in [5.41, 5.74) is 6.76. The van der Waals surface area contributed by atoms with Crippen molar-refractivity contribution in [3.05, 3.63) is 69.5 Å². The van der Waals surface area contributed by atoms with Crippen LogP contribution in [0.15, 0.2) is 47.4 Å². The highest BCUT2D eigenvalue weighted by Crippen LogP contribution is 2.42. The molecule has 134 valence electrons. The van der Waals surface area contributed by atoms with E-state index >= 15 is 0 Å². The molecule has 25 heavy (non-hydrogen) atoms. The van der Waals surface area contributed by atoms with Gasteiger partial charge < -0.3 is 15.9 Å².